The van der Waals surface area contributed by atoms with Crippen molar-refractivity contribution in [2.45, 2.75) is 50.7 Å². The van der Waals surface area contributed by atoms with Crippen molar-refractivity contribution in [2.24, 2.45) is 23.7 Å². The van der Waals surface area contributed by atoms with Crippen LogP contribution in [0.3, 0.4) is 0 Å². The molecule has 0 aromatic heterocycles. The Hall–Kier alpha value is -1.39. The molecular formula is C25H28ClF3S. The summed E-state index contributed by atoms with van der Waals surface area (Å²) < 4.78 is 40.8. The van der Waals surface area contributed by atoms with E-state index in [-0.39, 0.29) is 0 Å². The van der Waals surface area contributed by atoms with E-state index in [0.29, 0.717) is 45.1 Å². The van der Waals surface area contributed by atoms with Crippen molar-refractivity contribution in [3.63, 3.8) is 0 Å². The van der Waals surface area contributed by atoms with E-state index in [1.807, 2.05) is 6.07 Å². The molecule has 2 aromatic rings. The normalized spacial score (nSPS) is 24.8. The molecule has 0 heterocycles. The Labute approximate surface area is 186 Å². The Balaban J connectivity index is 1.90. The van der Waals surface area contributed by atoms with Crippen LogP contribution in [0.4, 0.5) is 13.2 Å². The lowest BCUT2D eigenvalue weighted by atomic mass is 9.89. The van der Waals surface area contributed by atoms with Crippen LogP contribution in [0, 0.1) is 41.1 Å². The molecule has 1 fully saturated rings. The second kappa shape index (κ2) is 9.40. The molecule has 3 rings (SSSR count). The lowest BCUT2D eigenvalue weighted by Crippen LogP contribution is -2.19. The summed E-state index contributed by atoms with van der Waals surface area (Å²) in [6, 6.07) is 7.35. The van der Waals surface area contributed by atoms with Crippen LogP contribution < -0.4 is 0 Å². The van der Waals surface area contributed by atoms with Crippen LogP contribution in [0.5, 0.6) is 0 Å². The molecular weight excluding hydrogens is 425 g/mol. The lowest BCUT2D eigenvalue weighted by molar-refractivity contribution is 0.425. The Bertz CT molecular complexity index is 919. The minimum atomic E-state index is -1.45. The number of hydrogen-bond acceptors (Lipinski definition) is 1. The predicted molar refractivity (Wildman–Crippen MR) is 121 cm³/mol. The molecule has 1 aliphatic carbocycles. The van der Waals surface area contributed by atoms with Crippen LogP contribution in [0.25, 0.3) is 11.1 Å². The molecule has 0 saturated heterocycles. The van der Waals surface area contributed by atoms with Crippen molar-refractivity contribution in [2.75, 3.05) is 0 Å². The molecule has 0 bridgehead atoms. The fourth-order valence-corrected chi connectivity index (χ4v) is 6.13. The van der Waals surface area contributed by atoms with Gasteiger partial charge in [-0.1, -0.05) is 50.6 Å². The number of benzene rings is 2. The van der Waals surface area contributed by atoms with E-state index in [2.05, 4.69) is 34.3 Å². The van der Waals surface area contributed by atoms with Gasteiger partial charge in [0, 0.05) is 10.1 Å². The van der Waals surface area contributed by atoms with Gasteiger partial charge in [0.25, 0.3) is 0 Å². The smallest absolute Gasteiger partial charge is 0.194 e. The SMILES string of the molecule is C=C(C)C(C)CC1CC(C)C(C)C1Sc1cc(-c2cc(F)c(F)c(F)c2)ccc1Cl. The molecule has 0 nitrogen and oxygen atoms in total. The van der Waals surface area contributed by atoms with E-state index in [1.165, 1.54) is 12.0 Å². The first-order chi connectivity index (χ1) is 14.1. The highest BCUT2D eigenvalue weighted by molar-refractivity contribution is 8.00. The fourth-order valence-electron chi connectivity index (χ4n) is 4.31. The molecule has 1 saturated carbocycles. The molecule has 5 atom stereocenters. The molecule has 0 N–H and O–H groups in total. The highest BCUT2D eigenvalue weighted by Gasteiger charge is 2.39. The predicted octanol–water partition coefficient (Wildman–Crippen LogP) is 8.78. The summed E-state index contributed by atoms with van der Waals surface area (Å²) in [5, 5.41) is 1.02. The lowest BCUT2D eigenvalue weighted by Gasteiger charge is -2.26. The molecule has 0 aliphatic heterocycles. The van der Waals surface area contributed by atoms with E-state index >= 15 is 0 Å². The monoisotopic (exact) mass is 452 g/mol. The summed E-state index contributed by atoms with van der Waals surface area (Å²) in [4.78, 5) is 0.887. The van der Waals surface area contributed by atoms with E-state index in [9.17, 15) is 13.2 Å². The van der Waals surface area contributed by atoms with Gasteiger partial charge in [-0.05, 0) is 78.8 Å². The third kappa shape index (κ3) is 4.91. The quantitative estimate of drug-likeness (QED) is 0.311. The highest BCUT2D eigenvalue weighted by atomic mass is 35.5. The standard InChI is InChI=1S/C25H28ClF3S/c1-13(2)14(3)8-19-9-15(4)16(5)25(19)30-23-12-17(6-7-20(23)26)18-10-21(27)24(29)22(28)11-18/h6-7,10-12,14-16,19,25H,1,8-9H2,2-5H3. The zero-order chi connectivity index (χ0) is 22.2. The Morgan fingerprint density at radius 3 is 2.37 bits per heavy atom. The molecule has 162 valence electrons. The summed E-state index contributed by atoms with van der Waals surface area (Å²) in [5.74, 6) is -1.69. The molecule has 30 heavy (non-hydrogen) atoms. The summed E-state index contributed by atoms with van der Waals surface area (Å²) in [6.45, 7) is 13.0. The van der Waals surface area contributed by atoms with Crippen molar-refractivity contribution >= 4 is 23.4 Å². The number of halogens is 4. The van der Waals surface area contributed by atoms with Gasteiger partial charge in [-0.15, -0.1) is 11.8 Å². The molecule has 5 heteroatoms. The van der Waals surface area contributed by atoms with Gasteiger partial charge in [0.05, 0.1) is 5.02 Å². The first-order valence-electron chi connectivity index (χ1n) is 10.3. The Morgan fingerprint density at radius 1 is 1.13 bits per heavy atom. The molecule has 0 amide bonds. The maximum atomic E-state index is 13.7. The maximum Gasteiger partial charge on any atom is 0.194 e. The van der Waals surface area contributed by atoms with Crippen molar-refractivity contribution in [3.8, 4) is 11.1 Å². The number of hydrogen-bond donors (Lipinski definition) is 0. The minimum Gasteiger partial charge on any atom is -0.204 e. The van der Waals surface area contributed by atoms with Crippen molar-refractivity contribution < 1.29 is 13.2 Å². The van der Waals surface area contributed by atoms with E-state index in [4.69, 9.17) is 11.6 Å². The van der Waals surface area contributed by atoms with E-state index < -0.39 is 17.5 Å². The van der Waals surface area contributed by atoms with Gasteiger partial charge in [-0.25, -0.2) is 13.2 Å². The summed E-state index contributed by atoms with van der Waals surface area (Å²) in [6.07, 6.45) is 2.26. The summed E-state index contributed by atoms with van der Waals surface area (Å²) in [5.41, 5.74) is 2.11. The van der Waals surface area contributed by atoms with Gasteiger partial charge in [0.15, 0.2) is 17.5 Å². The van der Waals surface area contributed by atoms with Crippen LogP contribution in [-0.4, -0.2) is 5.25 Å². The Morgan fingerprint density at radius 2 is 1.77 bits per heavy atom. The summed E-state index contributed by atoms with van der Waals surface area (Å²) >= 11 is 8.24. The maximum absolute atomic E-state index is 13.7. The zero-order valence-corrected chi connectivity index (χ0v) is 19.4. The van der Waals surface area contributed by atoms with Crippen molar-refractivity contribution in [3.05, 3.63) is 65.0 Å². The van der Waals surface area contributed by atoms with Gasteiger partial charge in [-0.3, -0.25) is 0 Å². The van der Waals surface area contributed by atoms with Gasteiger partial charge >= 0.3 is 0 Å². The van der Waals surface area contributed by atoms with Crippen LogP contribution in [-0.2, 0) is 0 Å². The van der Waals surface area contributed by atoms with Crippen molar-refractivity contribution in [1.29, 1.82) is 0 Å². The van der Waals surface area contributed by atoms with Gasteiger partial charge < -0.3 is 0 Å². The second-order valence-corrected chi connectivity index (χ2v) is 10.4. The van der Waals surface area contributed by atoms with Gasteiger partial charge in [-0.2, -0.15) is 0 Å². The highest BCUT2D eigenvalue weighted by Crippen LogP contribution is 2.50. The number of allylic oxidation sites excluding steroid dienone is 1. The molecule has 2 aromatic carbocycles. The first-order valence-corrected chi connectivity index (χ1v) is 11.6. The molecule has 5 unspecified atom stereocenters. The number of thioether (sulfide) groups is 1. The van der Waals surface area contributed by atoms with Crippen LogP contribution in [0.15, 0.2) is 47.4 Å². The molecule has 0 spiro atoms. The zero-order valence-electron chi connectivity index (χ0n) is 17.8. The van der Waals surface area contributed by atoms with Gasteiger partial charge in [0.1, 0.15) is 0 Å². The Kier molecular flexibility index (Phi) is 7.29. The molecule has 0 radical (unpaired) electrons. The number of rotatable bonds is 6. The molecule has 1 aliphatic rings. The van der Waals surface area contributed by atoms with Crippen LogP contribution >= 0.6 is 23.4 Å². The summed E-state index contributed by atoms with van der Waals surface area (Å²) in [7, 11) is 0. The minimum absolute atomic E-state index is 0.296. The van der Waals surface area contributed by atoms with E-state index in [0.717, 1.165) is 23.4 Å². The third-order valence-electron chi connectivity index (χ3n) is 6.56. The fraction of sp³-hybridized carbons (Fsp3) is 0.440. The first kappa shape index (κ1) is 23.3. The topological polar surface area (TPSA) is 0 Å². The van der Waals surface area contributed by atoms with Crippen LogP contribution in [0.2, 0.25) is 5.02 Å². The van der Waals surface area contributed by atoms with Crippen molar-refractivity contribution in [1.82, 2.24) is 0 Å². The average Bonchev–Trinajstić information content (AvgIpc) is 2.94. The second-order valence-electron chi connectivity index (χ2n) is 8.80. The largest absolute Gasteiger partial charge is 0.204 e. The van der Waals surface area contributed by atoms with E-state index in [1.54, 1.807) is 23.9 Å². The van der Waals surface area contributed by atoms with Crippen LogP contribution in [0.1, 0.15) is 40.5 Å². The third-order valence-corrected chi connectivity index (χ3v) is 8.68. The average molecular weight is 453 g/mol. The van der Waals surface area contributed by atoms with Gasteiger partial charge in [0.2, 0.25) is 0 Å².